The van der Waals surface area contributed by atoms with Gasteiger partial charge in [0.25, 0.3) is 0 Å². The van der Waals surface area contributed by atoms with Gasteiger partial charge in [-0.2, -0.15) is 4.73 Å². The maximum atomic E-state index is 12.7. The molecule has 4 nitrogen and oxygen atoms in total. The highest BCUT2D eigenvalue weighted by Crippen LogP contribution is 2.40. The minimum Gasteiger partial charge on any atom is -0.618 e. The highest BCUT2D eigenvalue weighted by atomic mass is 28.3. The van der Waals surface area contributed by atoms with Crippen LogP contribution >= 0.6 is 0 Å². The Balaban J connectivity index is 2.58. The number of hydrogen-bond donors (Lipinski definition) is 0. The molecule has 0 N–H and O–H groups in total. The third kappa shape index (κ3) is 4.39. The molecule has 1 aromatic carbocycles. The van der Waals surface area contributed by atoms with Crippen LogP contribution in [0.25, 0.3) is 10.9 Å². The van der Waals surface area contributed by atoms with Gasteiger partial charge in [-0.25, -0.2) is 0 Å². The van der Waals surface area contributed by atoms with E-state index in [0.717, 1.165) is 15.7 Å². The fourth-order valence-corrected chi connectivity index (χ4v) is 9.57. The molecule has 0 saturated carbocycles. The second kappa shape index (κ2) is 8.79. The molecule has 0 spiro atoms. The Morgan fingerprint density at radius 2 is 1.75 bits per heavy atom. The number of para-hydroxylation sites is 1. The van der Waals surface area contributed by atoms with Gasteiger partial charge in [0, 0.05) is 12.3 Å². The quantitative estimate of drug-likeness (QED) is 0.232. The highest BCUT2D eigenvalue weighted by Gasteiger charge is 2.41. The van der Waals surface area contributed by atoms with E-state index in [0.29, 0.717) is 27.7 Å². The third-order valence-corrected chi connectivity index (χ3v) is 11.9. The summed E-state index contributed by atoms with van der Waals surface area (Å²) in [7, 11) is -1.88. The van der Waals surface area contributed by atoms with Crippen LogP contribution in [0, 0.1) is 16.7 Å². The first-order valence-electron chi connectivity index (χ1n) is 9.91. The molecular formula is C23H31NO3Si. The van der Waals surface area contributed by atoms with Crippen molar-refractivity contribution < 1.29 is 14.3 Å². The van der Waals surface area contributed by atoms with E-state index in [-0.39, 0.29) is 12.6 Å². The van der Waals surface area contributed by atoms with Gasteiger partial charge in [0.2, 0.25) is 5.52 Å². The van der Waals surface area contributed by atoms with Crippen LogP contribution in [0.5, 0.6) is 0 Å². The molecule has 5 heteroatoms. The topological polar surface area (TPSA) is 53.2 Å². The summed E-state index contributed by atoms with van der Waals surface area (Å²) >= 11 is 0. The molecule has 0 aliphatic carbocycles. The number of benzene rings is 1. The maximum absolute atomic E-state index is 12.7. The summed E-state index contributed by atoms with van der Waals surface area (Å²) in [6, 6.07) is 7.61. The summed E-state index contributed by atoms with van der Waals surface area (Å²) in [5, 5.41) is 13.5. The van der Waals surface area contributed by atoms with Gasteiger partial charge in [0.05, 0.1) is 11.1 Å². The van der Waals surface area contributed by atoms with Crippen LogP contribution in [0.2, 0.25) is 16.6 Å². The second-order valence-corrected chi connectivity index (χ2v) is 13.9. The molecule has 28 heavy (non-hydrogen) atoms. The SMILES string of the molecule is CC(=O)OCc1cc2cccc(C#C[Si](C(C)C)(C(C)C)C(C)C)c2[n+]([O-])c1. The van der Waals surface area contributed by atoms with Crippen molar-refractivity contribution in [2.75, 3.05) is 0 Å². The van der Waals surface area contributed by atoms with Gasteiger partial charge in [-0.15, -0.1) is 5.54 Å². The van der Waals surface area contributed by atoms with Gasteiger partial charge in [0.1, 0.15) is 14.7 Å². The lowest BCUT2D eigenvalue weighted by Crippen LogP contribution is -2.43. The number of fused-ring (bicyclic) bond motifs is 1. The van der Waals surface area contributed by atoms with E-state index in [1.54, 1.807) is 0 Å². The van der Waals surface area contributed by atoms with Crippen molar-refractivity contribution >= 4 is 24.9 Å². The Kier molecular flexibility index (Phi) is 6.90. The van der Waals surface area contributed by atoms with E-state index in [2.05, 4.69) is 53.0 Å². The first kappa shape index (κ1) is 22.0. The molecule has 0 amide bonds. The summed E-state index contributed by atoms with van der Waals surface area (Å²) in [5.74, 6) is 3.02. The lowest BCUT2D eigenvalue weighted by atomic mass is 10.1. The number of rotatable bonds is 5. The van der Waals surface area contributed by atoms with Crippen LogP contribution in [0.1, 0.15) is 59.6 Å². The smallest absolute Gasteiger partial charge is 0.302 e. The normalized spacial score (nSPS) is 11.8. The van der Waals surface area contributed by atoms with Gasteiger partial charge < -0.3 is 9.94 Å². The van der Waals surface area contributed by atoms with Gasteiger partial charge in [-0.05, 0) is 34.8 Å². The van der Waals surface area contributed by atoms with Crippen molar-refractivity contribution in [2.45, 2.75) is 71.7 Å². The number of aromatic nitrogens is 1. The zero-order valence-corrected chi connectivity index (χ0v) is 19.0. The summed E-state index contributed by atoms with van der Waals surface area (Å²) < 4.78 is 5.87. The standard InChI is InChI=1S/C23H31NO3Si/c1-16(2)28(17(3)4,18(5)6)12-11-21-9-8-10-22-13-20(15-27-19(7)25)14-24(26)23(21)22/h8-10,13-14,16-18H,15H2,1-7H3. The Labute approximate surface area is 169 Å². The molecule has 0 aliphatic heterocycles. The van der Waals surface area contributed by atoms with Crippen molar-refractivity contribution in [1.29, 1.82) is 0 Å². The van der Waals surface area contributed by atoms with E-state index in [4.69, 9.17) is 4.74 Å². The van der Waals surface area contributed by atoms with Crippen LogP contribution in [0.15, 0.2) is 30.5 Å². The Hall–Kier alpha value is -2.32. The molecule has 0 aliphatic rings. The molecule has 2 rings (SSSR count). The van der Waals surface area contributed by atoms with Crippen LogP contribution in [0.4, 0.5) is 0 Å². The van der Waals surface area contributed by atoms with E-state index in [1.165, 1.54) is 13.1 Å². The van der Waals surface area contributed by atoms with Crippen molar-refractivity contribution in [3.8, 4) is 11.5 Å². The molecule has 0 saturated heterocycles. The summed E-state index contributed by atoms with van der Waals surface area (Å²) in [6.07, 6.45) is 1.47. The van der Waals surface area contributed by atoms with E-state index < -0.39 is 8.07 Å². The molecule has 0 atom stereocenters. The highest BCUT2D eigenvalue weighted by molar-refractivity contribution is 6.90. The van der Waals surface area contributed by atoms with Crippen molar-refractivity contribution in [1.82, 2.24) is 0 Å². The Morgan fingerprint density at radius 1 is 1.14 bits per heavy atom. The van der Waals surface area contributed by atoms with Crippen LogP contribution in [0.3, 0.4) is 0 Å². The zero-order valence-electron chi connectivity index (χ0n) is 18.0. The molecule has 0 unspecified atom stereocenters. The molecule has 1 aromatic heterocycles. The zero-order chi connectivity index (χ0) is 21.1. The average Bonchev–Trinajstić information content (AvgIpc) is 2.59. The number of carbonyl (C=O) groups excluding carboxylic acids is 1. The summed E-state index contributed by atoms with van der Waals surface area (Å²) in [4.78, 5) is 11.0. The third-order valence-electron chi connectivity index (χ3n) is 5.63. The van der Waals surface area contributed by atoms with Gasteiger partial charge in [-0.3, -0.25) is 4.79 Å². The molecule has 0 fully saturated rings. The summed E-state index contributed by atoms with van der Waals surface area (Å²) in [6.45, 7) is 15.1. The fraction of sp³-hybridized carbons (Fsp3) is 0.478. The molecule has 150 valence electrons. The van der Waals surface area contributed by atoms with Gasteiger partial charge >= 0.3 is 5.97 Å². The lowest BCUT2D eigenvalue weighted by Gasteiger charge is -2.38. The van der Waals surface area contributed by atoms with Crippen molar-refractivity contribution in [3.05, 3.63) is 46.8 Å². The lowest BCUT2D eigenvalue weighted by molar-refractivity contribution is -0.577. The predicted molar refractivity (Wildman–Crippen MR) is 116 cm³/mol. The Bertz CT molecular complexity index is 901. The largest absolute Gasteiger partial charge is 0.618 e. The monoisotopic (exact) mass is 397 g/mol. The summed E-state index contributed by atoms with van der Waals surface area (Å²) in [5.41, 5.74) is 7.28. The number of pyridine rings is 1. The predicted octanol–water partition coefficient (Wildman–Crippen LogP) is 5.11. The average molecular weight is 398 g/mol. The number of carbonyl (C=O) groups is 1. The fourth-order valence-electron chi connectivity index (χ4n) is 4.35. The molecule has 1 heterocycles. The first-order valence-corrected chi connectivity index (χ1v) is 12.1. The Morgan fingerprint density at radius 3 is 2.29 bits per heavy atom. The molecule has 2 aromatic rings. The van der Waals surface area contributed by atoms with E-state index in [1.807, 2.05) is 24.3 Å². The molecule has 0 bridgehead atoms. The number of nitrogens with zero attached hydrogens (tertiary/aromatic N) is 1. The van der Waals surface area contributed by atoms with Crippen molar-refractivity contribution in [2.24, 2.45) is 0 Å². The number of hydrogen-bond acceptors (Lipinski definition) is 3. The van der Waals surface area contributed by atoms with Gasteiger partial charge in [0.15, 0.2) is 6.20 Å². The molecular weight excluding hydrogens is 366 g/mol. The second-order valence-electron chi connectivity index (χ2n) is 8.34. The van der Waals surface area contributed by atoms with E-state index >= 15 is 0 Å². The minimum atomic E-state index is -1.88. The minimum absolute atomic E-state index is 0.0908. The van der Waals surface area contributed by atoms with Gasteiger partial charge in [-0.1, -0.05) is 53.5 Å². The van der Waals surface area contributed by atoms with Crippen molar-refractivity contribution in [3.63, 3.8) is 0 Å². The number of esters is 1. The molecule has 0 radical (unpaired) electrons. The van der Waals surface area contributed by atoms with Crippen LogP contribution in [-0.2, 0) is 16.1 Å². The van der Waals surface area contributed by atoms with Crippen LogP contribution < -0.4 is 4.73 Å². The van der Waals surface area contributed by atoms with Crippen LogP contribution in [-0.4, -0.2) is 14.0 Å². The van der Waals surface area contributed by atoms with E-state index in [9.17, 15) is 10.0 Å². The maximum Gasteiger partial charge on any atom is 0.302 e. The number of ether oxygens (including phenoxy) is 1. The first-order chi connectivity index (χ1) is 13.1.